The van der Waals surface area contributed by atoms with E-state index in [1.165, 1.54) is 12.8 Å². The summed E-state index contributed by atoms with van der Waals surface area (Å²) in [7, 11) is 0. The molecule has 0 aromatic heterocycles. The van der Waals surface area contributed by atoms with E-state index in [0.717, 1.165) is 38.0 Å². The highest BCUT2D eigenvalue weighted by Crippen LogP contribution is 2.56. The lowest BCUT2D eigenvalue weighted by molar-refractivity contribution is -0.136. The zero-order chi connectivity index (χ0) is 13.2. The van der Waals surface area contributed by atoms with Crippen LogP contribution in [0.2, 0.25) is 0 Å². The van der Waals surface area contributed by atoms with E-state index in [-0.39, 0.29) is 23.4 Å². The van der Waals surface area contributed by atoms with Gasteiger partial charge in [-0.2, -0.15) is 5.26 Å². The van der Waals surface area contributed by atoms with Crippen molar-refractivity contribution in [2.45, 2.75) is 63.1 Å². The summed E-state index contributed by atoms with van der Waals surface area (Å²) in [6.07, 6.45) is 7.82. The Bertz CT molecular complexity index is 461. The number of amides is 1. The van der Waals surface area contributed by atoms with E-state index in [0.29, 0.717) is 12.0 Å². The van der Waals surface area contributed by atoms with Crippen LogP contribution in [0.25, 0.3) is 0 Å². The fraction of sp³-hybridized carbons (Fsp3) is 0.867. The van der Waals surface area contributed by atoms with Crippen LogP contribution in [-0.2, 0) is 4.79 Å². The van der Waals surface area contributed by atoms with Gasteiger partial charge in [-0.25, -0.2) is 0 Å². The smallest absolute Gasteiger partial charge is 0.241 e. The van der Waals surface area contributed by atoms with Crippen molar-refractivity contribution in [3.8, 4) is 6.07 Å². The monoisotopic (exact) mass is 259 g/mol. The average Bonchev–Trinajstić information content (AvgIpc) is 2.86. The second-order valence-corrected chi connectivity index (χ2v) is 7.18. The number of carbonyl (C=O) groups is 1. The van der Waals surface area contributed by atoms with Crippen molar-refractivity contribution in [3.05, 3.63) is 0 Å². The van der Waals surface area contributed by atoms with Crippen LogP contribution in [-0.4, -0.2) is 28.9 Å². The van der Waals surface area contributed by atoms with E-state index < -0.39 is 0 Å². The van der Waals surface area contributed by atoms with E-state index in [2.05, 4.69) is 6.07 Å². The van der Waals surface area contributed by atoms with Crippen LogP contribution in [0.5, 0.6) is 0 Å². The summed E-state index contributed by atoms with van der Waals surface area (Å²) < 4.78 is 0. The van der Waals surface area contributed by atoms with Gasteiger partial charge in [-0.15, -0.1) is 0 Å². The largest absolute Gasteiger partial charge is 0.322 e. The second-order valence-electron chi connectivity index (χ2n) is 7.18. The molecular formula is C15H21N3O. The predicted molar refractivity (Wildman–Crippen MR) is 69.7 cm³/mol. The molecule has 1 amide bonds. The molecule has 4 aliphatic rings. The highest BCUT2D eigenvalue weighted by molar-refractivity contribution is 5.84. The maximum absolute atomic E-state index is 12.8. The minimum Gasteiger partial charge on any atom is -0.322 e. The van der Waals surface area contributed by atoms with Crippen molar-refractivity contribution >= 4 is 5.91 Å². The Labute approximate surface area is 113 Å². The Morgan fingerprint density at radius 2 is 2.11 bits per heavy atom. The normalized spacial score (nSPS) is 47.9. The zero-order valence-corrected chi connectivity index (χ0v) is 11.2. The van der Waals surface area contributed by atoms with Crippen LogP contribution < -0.4 is 5.73 Å². The molecule has 2 N–H and O–H groups in total. The highest BCUT2D eigenvalue weighted by atomic mass is 16.2. The number of nitrogens with zero attached hydrogens (tertiary/aromatic N) is 2. The van der Waals surface area contributed by atoms with Gasteiger partial charge in [0.25, 0.3) is 0 Å². The van der Waals surface area contributed by atoms with Crippen LogP contribution in [0.1, 0.15) is 44.9 Å². The van der Waals surface area contributed by atoms with Gasteiger partial charge in [0, 0.05) is 6.04 Å². The Hall–Kier alpha value is -1.08. The number of rotatable bonds is 2. The first kappa shape index (κ1) is 11.7. The van der Waals surface area contributed by atoms with Crippen molar-refractivity contribution in [1.82, 2.24) is 4.90 Å². The van der Waals surface area contributed by atoms with Crippen molar-refractivity contribution < 1.29 is 4.79 Å². The molecule has 1 saturated heterocycles. The molecule has 4 atom stereocenters. The number of nitrogens with two attached hydrogens (primary N) is 1. The summed E-state index contributed by atoms with van der Waals surface area (Å²) >= 11 is 0. The quantitative estimate of drug-likeness (QED) is 0.815. The Morgan fingerprint density at radius 1 is 1.37 bits per heavy atom. The molecule has 4 nitrogen and oxygen atoms in total. The number of hydrogen-bond acceptors (Lipinski definition) is 3. The molecule has 0 aromatic carbocycles. The molecular weight excluding hydrogens is 238 g/mol. The Balaban J connectivity index is 1.55. The third-order valence-corrected chi connectivity index (χ3v) is 6.23. The van der Waals surface area contributed by atoms with Gasteiger partial charge in [0.2, 0.25) is 5.91 Å². The van der Waals surface area contributed by atoms with Gasteiger partial charge in [-0.05, 0) is 62.2 Å². The summed E-state index contributed by atoms with van der Waals surface area (Å²) in [6, 6.07) is 2.05. The summed E-state index contributed by atoms with van der Waals surface area (Å²) in [6.45, 7) is 0. The summed E-state index contributed by atoms with van der Waals surface area (Å²) in [5, 5.41) is 9.22. The first-order valence-electron chi connectivity index (χ1n) is 7.62. The molecule has 4 heteroatoms. The van der Waals surface area contributed by atoms with Gasteiger partial charge in [-0.3, -0.25) is 4.79 Å². The Kier molecular flexibility index (Phi) is 2.30. The van der Waals surface area contributed by atoms with E-state index in [4.69, 9.17) is 5.73 Å². The summed E-state index contributed by atoms with van der Waals surface area (Å²) in [4.78, 5) is 14.6. The minimum absolute atomic E-state index is 0.0642. The van der Waals surface area contributed by atoms with Gasteiger partial charge < -0.3 is 10.6 Å². The molecule has 2 bridgehead atoms. The van der Waals surface area contributed by atoms with E-state index in [1.807, 2.05) is 4.90 Å². The number of piperidine rings is 1. The molecule has 1 aliphatic heterocycles. The molecule has 102 valence electrons. The molecule has 4 rings (SSSR count). The number of likely N-dealkylation sites (tertiary alicyclic amines) is 1. The van der Waals surface area contributed by atoms with Crippen molar-refractivity contribution in [3.63, 3.8) is 0 Å². The molecule has 3 saturated carbocycles. The third kappa shape index (κ3) is 1.51. The van der Waals surface area contributed by atoms with Gasteiger partial charge in [0.05, 0.1) is 12.1 Å². The topological polar surface area (TPSA) is 70.1 Å². The SMILES string of the molecule is N#CC1C[C@@H]2C[C@@H]2N1C(=O)[C@@H](N)C12CCC(CC1)C2. The molecule has 1 unspecified atom stereocenters. The molecule has 0 aromatic rings. The van der Waals surface area contributed by atoms with Gasteiger partial charge in [0.15, 0.2) is 0 Å². The fourth-order valence-electron chi connectivity index (χ4n) is 4.99. The van der Waals surface area contributed by atoms with Crippen LogP contribution >= 0.6 is 0 Å². The maximum atomic E-state index is 12.8. The number of fused-ring (bicyclic) bond motifs is 3. The van der Waals surface area contributed by atoms with Crippen molar-refractivity contribution in [1.29, 1.82) is 5.26 Å². The highest BCUT2D eigenvalue weighted by Gasteiger charge is 2.58. The van der Waals surface area contributed by atoms with Crippen LogP contribution in [0.3, 0.4) is 0 Å². The lowest BCUT2D eigenvalue weighted by atomic mass is 9.77. The van der Waals surface area contributed by atoms with Crippen molar-refractivity contribution in [2.75, 3.05) is 0 Å². The molecule has 1 heterocycles. The summed E-state index contributed by atoms with van der Waals surface area (Å²) in [5.41, 5.74) is 6.44. The second kappa shape index (κ2) is 3.73. The van der Waals surface area contributed by atoms with Crippen LogP contribution in [0.4, 0.5) is 0 Å². The van der Waals surface area contributed by atoms with Crippen molar-refractivity contribution in [2.24, 2.45) is 23.0 Å². The molecule has 0 radical (unpaired) electrons. The minimum atomic E-state index is -0.366. The molecule has 0 spiro atoms. The van der Waals surface area contributed by atoms with E-state index in [1.54, 1.807) is 0 Å². The van der Waals surface area contributed by atoms with E-state index >= 15 is 0 Å². The zero-order valence-electron chi connectivity index (χ0n) is 11.2. The first-order chi connectivity index (χ1) is 9.14. The molecule has 4 fully saturated rings. The number of carbonyl (C=O) groups excluding carboxylic acids is 1. The predicted octanol–water partition coefficient (Wildman–Crippen LogP) is 1.41. The standard InChI is InChI=1S/C15H21N3O/c16-8-11-5-10-6-12(10)18(11)14(19)13(17)15-3-1-9(7-15)2-4-15/h9-13H,1-7,17H2/t9?,10-,11?,12+,13-,15?/m1/s1. The van der Waals surface area contributed by atoms with Gasteiger partial charge in [0.1, 0.15) is 6.04 Å². The van der Waals surface area contributed by atoms with E-state index in [9.17, 15) is 10.1 Å². The molecule has 19 heavy (non-hydrogen) atoms. The lowest BCUT2D eigenvalue weighted by Crippen LogP contribution is -2.54. The fourth-order valence-corrected chi connectivity index (χ4v) is 4.99. The molecule has 3 aliphatic carbocycles. The first-order valence-corrected chi connectivity index (χ1v) is 7.62. The van der Waals surface area contributed by atoms with Gasteiger partial charge >= 0.3 is 0 Å². The third-order valence-electron chi connectivity index (χ3n) is 6.23. The van der Waals surface area contributed by atoms with Crippen LogP contribution in [0, 0.1) is 28.6 Å². The number of hydrogen-bond donors (Lipinski definition) is 1. The lowest BCUT2D eigenvalue weighted by Gasteiger charge is -2.36. The summed E-state index contributed by atoms with van der Waals surface area (Å²) in [5.74, 6) is 1.45. The number of nitriles is 1. The maximum Gasteiger partial charge on any atom is 0.241 e. The Morgan fingerprint density at radius 3 is 2.68 bits per heavy atom. The van der Waals surface area contributed by atoms with Crippen LogP contribution in [0.15, 0.2) is 0 Å². The average molecular weight is 259 g/mol. The van der Waals surface area contributed by atoms with Gasteiger partial charge in [-0.1, -0.05) is 0 Å².